The Bertz CT molecular complexity index is 653. The molecular formula is C18H25ClFN3O2. The summed E-state index contributed by atoms with van der Waals surface area (Å²) in [7, 11) is 0. The van der Waals surface area contributed by atoms with Gasteiger partial charge in [-0.25, -0.2) is 4.39 Å². The zero-order valence-electron chi connectivity index (χ0n) is 14.4. The first kappa shape index (κ1) is 19.7. The average molecular weight is 370 g/mol. The summed E-state index contributed by atoms with van der Waals surface area (Å²) in [6, 6.07) is 2.98. The molecule has 2 amide bonds. The van der Waals surface area contributed by atoms with Crippen LogP contribution in [0.3, 0.4) is 0 Å². The minimum absolute atomic E-state index is 0. The maximum absolute atomic E-state index is 14.7. The van der Waals surface area contributed by atoms with E-state index in [4.69, 9.17) is 0 Å². The van der Waals surface area contributed by atoms with Gasteiger partial charge in [0.15, 0.2) is 0 Å². The topological polar surface area (TPSA) is 61.4 Å². The molecule has 2 aliphatic heterocycles. The van der Waals surface area contributed by atoms with Crippen molar-refractivity contribution in [2.45, 2.75) is 51.6 Å². The largest absolute Gasteiger partial charge is 0.331 e. The molecule has 5 nitrogen and oxygen atoms in total. The fourth-order valence-corrected chi connectivity index (χ4v) is 3.55. The summed E-state index contributed by atoms with van der Waals surface area (Å²) >= 11 is 0. The molecule has 2 heterocycles. The van der Waals surface area contributed by atoms with Crippen LogP contribution in [0.1, 0.15) is 43.7 Å². The van der Waals surface area contributed by atoms with Crippen LogP contribution in [0.5, 0.6) is 0 Å². The molecule has 1 saturated heterocycles. The highest BCUT2D eigenvalue weighted by Gasteiger charge is 2.32. The highest BCUT2D eigenvalue weighted by atomic mass is 35.5. The van der Waals surface area contributed by atoms with Crippen LogP contribution in [0.4, 0.5) is 10.1 Å². The number of hydrogen-bond acceptors (Lipinski definition) is 3. The number of anilines is 1. The van der Waals surface area contributed by atoms with Gasteiger partial charge in [-0.3, -0.25) is 9.59 Å². The van der Waals surface area contributed by atoms with E-state index in [0.717, 1.165) is 24.9 Å². The minimum Gasteiger partial charge on any atom is -0.331 e. The molecule has 7 heteroatoms. The van der Waals surface area contributed by atoms with E-state index in [1.54, 1.807) is 17.9 Å². The highest BCUT2D eigenvalue weighted by molar-refractivity contribution is 5.97. The van der Waals surface area contributed by atoms with Gasteiger partial charge in [0.05, 0.1) is 5.69 Å². The van der Waals surface area contributed by atoms with Gasteiger partial charge in [-0.1, -0.05) is 13.0 Å². The molecule has 0 aromatic heterocycles. The number of halogens is 2. The summed E-state index contributed by atoms with van der Waals surface area (Å²) in [4.78, 5) is 26.3. The number of hydrogen-bond donors (Lipinski definition) is 2. The maximum atomic E-state index is 14.7. The van der Waals surface area contributed by atoms with E-state index in [2.05, 4.69) is 10.6 Å². The molecule has 25 heavy (non-hydrogen) atoms. The quantitative estimate of drug-likeness (QED) is 0.861. The molecule has 2 N–H and O–H groups in total. The predicted octanol–water partition coefficient (Wildman–Crippen LogP) is 2.62. The molecule has 138 valence electrons. The molecule has 0 spiro atoms. The smallest absolute Gasteiger partial charge is 0.247 e. The molecule has 1 atom stereocenters. The lowest BCUT2D eigenvalue weighted by Crippen LogP contribution is -2.49. The van der Waals surface area contributed by atoms with Crippen LogP contribution in [0.15, 0.2) is 12.1 Å². The number of rotatable bonds is 3. The number of carbonyl (C=O) groups excluding carboxylic acids is 2. The van der Waals surface area contributed by atoms with Crippen molar-refractivity contribution in [1.82, 2.24) is 10.2 Å². The van der Waals surface area contributed by atoms with Gasteiger partial charge in [-0.05, 0) is 49.4 Å². The van der Waals surface area contributed by atoms with Crippen molar-refractivity contribution in [2.24, 2.45) is 0 Å². The van der Waals surface area contributed by atoms with Crippen LogP contribution < -0.4 is 10.6 Å². The molecule has 0 aliphatic carbocycles. The number of likely N-dealkylation sites (tertiary alicyclic amines) is 1. The van der Waals surface area contributed by atoms with Gasteiger partial charge in [-0.2, -0.15) is 0 Å². The summed E-state index contributed by atoms with van der Waals surface area (Å²) in [5.74, 6) is -0.650. The summed E-state index contributed by atoms with van der Waals surface area (Å²) in [5.41, 5.74) is 1.84. The Morgan fingerprint density at radius 1 is 1.36 bits per heavy atom. The number of carbonyl (C=O) groups is 2. The molecule has 1 fully saturated rings. The fourth-order valence-electron chi connectivity index (χ4n) is 3.55. The van der Waals surface area contributed by atoms with E-state index in [1.165, 1.54) is 0 Å². The normalized spacial score (nSPS) is 19.6. The second-order valence-electron chi connectivity index (χ2n) is 6.43. The van der Waals surface area contributed by atoms with Crippen molar-refractivity contribution in [3.05, 3.63) is 29.1 Å². The molecular weight excluding hydrogens is 345 g/mol. The van der Waals surface area contributed by atoms with E-state index in [1.807, 2.05) is 6.07 Å². The van der Waals surface area contributed by atoms with Crippen molar-refractivity contribution in [3.8, 4) is 0 Å². The van der Waals surface area contributed by atoms with E-state index in [9.17, 15) is 14.0 Å². The Labute approximate surface area is 153 Å². The number of benzene rings is 1. The molecule has 0 radical (unpaired) electrons. The Morgan fingerprint density at radius 2 is 2.16 bits per heavy atom. The van der Waals surface area contributed by atoms with Crippen LogP contribution in [0, 0.1) is 5.82 Å². The van der Waals surface area contributed by atoms with Gasteiger partial charge in [0.25, 0.3) is 0 Å². The maximum Gasteiger partial charge on any atom is 0.247 e. The van der Waals surface area contributed by atoms with Crippen molar-refractivity contribution in [1.29, 1.82) is 0 Å². The van der Waals surface area contributed by atoms with Crippen LogP contribution >= 0.6 is 12.4 Å². The Balaban J connectivity index is 0.00000225. The van der Waals surface area contributed by atoms with Crippen LogP contribution in [-0.4, -0.2) is 35.8 Å². The number of piperidine rings is 1. The predicted molar refractivity (Wildman–Crippen MR) is 97.3 cm³/mol. The second-order valence-corrected chi connectivity index (χ2v) is 6.43. The van der Waals surface area contributed by atoms with E-state index >= 15 is 0 Å². The van der Waals surface area contributed by atoms with Gasteiger partial charge in [0, 0.05) is 19.5 Å². The van der Waals surface area contributed by atoms with Crippen LogP contribution in [-0.2, 0) is 22.6 Å². The van der Waals surface area contributed by atoms with E-state index < -0.39 is 6.04 Å². The lowest BCUT2D eigenvalue weighted by Gasteiger charge is -2.34. The number of amides is 2. The van der Waals surface area contributed by atoms with Gasteiger partial charge >= 0.3 is 0 Å². The molecule has 0 bridgehead atoms. The van der Waals surface area contributed by atoms with Gasteiger partial charge in [0.2, 0.25) is 11.8 Å². The second kappa shape index (κ2) is 8.63. The lowest BCUT2D eigenvalue weighted by atomic mass is 9.98. The molecule has 3 rings (SSSR count). The van der Waals surface area contributed by atoms with Crippen LogP contribution in [0.2, 0.25) is 0 Å². The highest BCUT2D eigenvalue weighted by Crippen LogP contribution is 2.26. The summed E-state index contributed by atoms with van der Waals surface area (Å²) in [6.45, 7) is 3.79. The monoisotopic (exact) mass is 369 g/mol. The van der Waals surface area contributed by atoms with Gasteiger partial charge < -0.3 is 15.5 Å². The van der Waals surface area contributed by atoms with Crippen molar-refractivity contribution < 1.29 is 14.0 Å². The number of nitrogens with zero attached hydrogens (tertiary/aromatic N) is 1. The minimum atomic E-state index is -0.497. The van der Waals surface area contributed by atoms with Gasteiger partial charge in [-0.15, -0.1) is 12.4 Å². The first-order valence-corrected chi connectivity index (χ1v) is 8.73. The zero-order valence-corrected chi connectivity index (χ0v) is 15.3. The third kappa shape index (κ3) is 4.12. The third-order valence-electron chi connectivity index (χ3n) is 4.89. The first-order valence-electron chi connectivity index (χ1n) is 8.73. The Kier molecular flexibility index (Phi) is 6.79. The Hall–Kier alpha value is -1.66. The molecule has 1 unspecified atom stereocenters. The number of fused-ring (bicyclic) bond motifs is 1. The number of nitrogens with one attached hydrogen (secondary N) is 2. The van der Waals surface area contributed by atoms with Crippen LogP contribution in [0.25, 0.3) is 0 Å². The van der Waals surface area contributed by atoms with Crippen molar-refractivity contribution in [3.63, 3.8) is 0 Å². The van der Waals surface area contributed by atoms with E-state index in [-0.39, 0.29) is 35.7 Å². The molecule has 0 saturated carbocycles. The summed E-state index contributed by atoms with van der Waals surface area (Å²) in [5, 5.41) is 5.92. The van der Waals surface area contributed by atoms with E-state index in [0.29, 0.717) is 37.9 Å². The first-order chi connectivity index (χ1) is 11.6. The lowest BCUT2D eigenvalue weighted by molar-refractivity contribution is -0.140. The third-order valence-corrected chi connectivity index (χ3v) is 4.89. The summed E-state index contributed by atoms with van der Waals surface area (Å²) in [6.07, 6.45) is 3.45. The Morgan fingerprint density at radius 3 is 2.92 bits per heavy atom. The summed E-state index contributed by atoms with van der Waals surface area (Å²) < 4.78 is 14.7. The van der Waals surface area contributed by atoms with Crippen molar-refractivity contribution >= 4 is 29.9 Å². The van der Waals surface area contributed by atoms with Crippen molar-refractivity contribution in [2.75, 3.05) is 18.4 Å². The SMILES string of the molecule is CCC(=O)N1CCCCC1C(=O)Nc1ccc2c(c1F)CCNC2.Cl. The average Bonchev–Trinajstić information content (AvgIpc) is 2.63. The fraction of sp³-hybridized carbons (Fsp3) is 0.556. The molecule has 2 aliphatic rings. The van der Waals surface area contributed by atoms with Gasteiger partial charge in [0.1, 0.15) is 11.9 Å². The molecule has 1 aromatic rings. The standard InChI is InChI=1S/C18H24FN3O2.ClH/c1-2-16(23)22-10-4-3-5-15(22)18(24)21-14-7-6-12-11-20-9-8-13(12)17(14)19;/h6-7,15,20H,2-5,8-11H2,1H3,(H,21,24);1H. The zero-order chi connectivity index (χ0) is 17.1. The molecule has 1 aromatic carbocycles.